The Kier molecular flexibility index (Phi) is 4.28. The van der Waals surface area contributed by atoms with E-state index < -0.39 is 6.09 Å². The first-order valence-electron chi connectivity index (χ1n) is 5.01. The molecular formula is C11H7ClN4O2S. The van der Waals surface area contributed by atoms with Gasteiger partial charge in [0.15, 0.2) is 5.15 Å². The maximum Gasteiger partial charge on any atom is 0.414 e. The summed E-state index contributed by atoms with van der Waals surface area (Å²) in [5, 5.41) is 3.20. The molecule has 2 rings (SSSR count). The number of halogens is 1. The average molecular weight is 295 g/mol. The Labute approximate surface area is 117 Å². The van der Waals surface area contributed by atoms with Gasteiger partial charge in [-0.1, -0.05) is 28.9 Å². The molecule has 0 radical (unpaired) electrons. The largest absolute Gasteiger partial charge is 0.414 e. The molecule has 0 atom stereocenters. The van der Waals surface area contributed by atoms with E-state index in [1.54, 1.807) is 12.4 Å². The number of amides is 1. The number of terminal acetylenes is 1. The summed E-state index contributed by atoms with van der Waals surface area (Å²) in [4.78, 5) is 23.2. The highest BCUT2D eigenvalue weighted by Crippen LogP contribution is 2.36. The van der Waals surface area contributed by atoms with Crippen molar-refractivity contribution in [2.75, 3.05) is 6.54 Å². The summed E-state index contributed by atoms with van der Waals surface area (Å²) >= 11 is 7.00. The first-order valence-corrected chi connectivity index (χ1v) is 6.21. The van der Waals surface area contributed by atoms with Crippen molar-refractivity contribution in [3.05, 3.63) is 23.9 Å². The van der Waals surface area contributed by atoms with E-state index >= 15 is 0 Å². The van der Waals surface area contributed by atoms with Crippen LogP contribution in [0.1, 0.15) is 0 Å². The van der Waals surface area contributed by atoms with Gasteiger partial charge in [-0.25, -0.2) is 19.7 Å². The summed E-state index contributed by atoms with van der Waals surface area (Å²) in [6.45, 7) is 0.0780. The lowest BCUT2D eigenvalue weighted by molar-refractivity contribution is 0.203. The zero-order valence-corrected chi connectivity index (χ0v) is 11.0. The summed E-state index contributed by atoms with van der Waals surface area (Å²) < 4.78 is 4.99. The van der Waals surface area contributed by atoms with Gasteiger partial charge in [0.1, 0.15) is 11.3 Å². The molecule has 0 aromatic carbocycles. The fourth-order valence-corrected chi connectivity index (χ4v) is 2.20. The molecule has 0 unspecified atom stereocenters. The molecule has 1 N–H and O–H groups in total. The fourth-order valence-electron chi connectivity index (χ4n) is 1.13. The van der Waals surface area contributed by atoms with Crippen LogP contribution in [-0.4, -0.2) is 27.6 Å². The van der Waals surface area contributed by atoms with Crippen LogP contribution in [0, 0.1) is 12.3 Å². The predicted molar refractivity (Wildman–Crippen MR) is 71.0 cm³/mol. The van der Waals surface area contributed by atoms with Crippen LogP contribution in [0.15, 0.2) is 18.7 Å². The van der Waals surface area contributed by atoms with Gasteiger partial charge in [0, 0.05) is 18.0 Å². The third-order valence-corrected chi connectivity index (χ3v) is 3.24. The topological polar surface area (TPSA) is 77.0 Å². The number of carbonyl (C=O) groups is 1. The first-order chi connectivity index (χ1) is 9.20. The highest BCUT2D eigenvalue weighted by Gasteiger charge is 2.15. The van der Waals surface area contributed by atoms with E-state index in [-0.39, 0.29) is 16.8 Å². The molecule has 0 bridgehead atoms. The van der Waals surface area contributed by atoms with Gasteiger partial charge in [0.2, 0.25) is 5.06 Å². The maximum absolute atomic E-state index is 11.3. The van der Waals surface area contributed by atoms with Crippen LogP contribution in [-0.2, 0) is 0 Å². The second-order valence-corrected chi connectivity index (χ2v) is 4.49. The highest BCUT2D eigenvalue weighted by molar-refractivity contribution is 7.17. The van der Waals surface area contributed by atoms with Crippen LogP contribution >= 0.6 is 22.9 Å². The quantitative estimate of drug-likeness (QED) is 0.876. The standard InChI is InChI=1S/C11H7ClN4O2S/c1-2-3-15-11(17)18-10-8(12)16-9(19-10)7-4-13-6-14-5-7/h1,4-6H,3H2,(H,15,17). The number of hydrogen-bond donors (Lipinski definition) is 1. The lowest BCUT2D eigenvalue weighted by Gasteiger charge is -2.00. The summed E-state index contributed by atoms with van der Waals surface area (Å²) in [6, 6.07) is 0. The van der Waals surface area contributed by atoms with Gasteiger partial charge in [-0.05, 0) is 0 Å². The van der Waals surface area contributed by atoms with Gasteiger partial charge in [-0.3, -0.25) is 0 Å². The van der Waals surface area contributed by atoms with Gasteiger partial charge in [0.25, 0.3) is 0 Å². The lowest BCUT2D eigenvalue weighted by Crippen LogP contribution is -2.26. The molecule has 2 aromatic heterocycles. The van der Waals surface area contributed by atoms with Gasteiger partial charge in [-0.15, -0.1) is 6.42 Å². The Morgan fingerprint density at radius 1 is 1.53 bits per heavy atom. The van der Waals surface area contributed by atoms with Gasteiger partial charge in [0.05, 0.1) is 6.54 Å². The molecule has 2 heterocycles. The molecule has 0 fully saturated rings. The summed E-state index contributed by atoms with van der Waals surface area (Å²) in [5.41, 5.74) is 0.688. The van der Waals surface area contributed by atoms with Crippen molar-refractivity contribution < 1.29 is 9.53 Å². The molecule has 0 spiro atoms. The zero-order valence-electron chi connectivity index (χ0n) is 9.46. The number of nitrogens with zero attached hydrogens (tertiary/aromatic N) is 3. The third kappa shape index (κ3) is 3.40. The molecule has 0 saturated heterocycles. The molecule has 96 valence electrons. The van der Waals surface area contributed by atoms with Crippen LogP contribution in [0.25, 0.3) is 10.6 Å². The van der Waals surface area contributed by atoms with Gasteiger partial charge in [-0.2, -0.15) is 0 Å². The minimum absolute atomic E-state index is 0.0780. The first kappa shape index (κ1) is 13.3. The van der Waals surface area contributed by atoms with Gasteiger partial charge < -0.3 is 10.1 Å². The molecule has 19 heavy (non-hydrogen) atoms. The summed E-state index contributed by atoms with van der Waals surface area (Å²) in [6.07, 6.45) is 8.91. The van der Waals surface area contributed by atoms with Crippen molar-refractivity contribution in [2.24, 2.45) is 0 Å². The molecule has 0 aliphatic rings. The third-order valence-electron chi connectivity index (χ3n) is 1.89. The highest BCUT2D eigenvalue weighted by atomic mass is 35.5. The predicted octanol–water partition coefficient (Wildman–Crippen LogP) is 1.98. The van der Waals surface area contributed by atoms with E-state index in [1.165, 1.54) is 6.33 Å². The Morgan fingerprint density at radius 2 is 2.26 bits per heavy atom. The minimum Gasteiger partial charge on any atom is -0.396 e. The Morgan fingerprint density at radius 3 is 2.95 bits per heavy atom. The van der Waals surface area contributed by atoms with E-state index in [0.29, 0.717) is 10.6 Å². The monoisotopic (exact) mass is 294 g/mol. The molecule has 8 heteroatoms. The molecule has 2 aromatic rings. The van der Waals surface area contributed by atoms with Gasteiger partial charge >= 0.3 is 6.09 Å². The minimum atomic E-state index is -0.681. The van der Waals surface area contributed by atoms with Crippen LogP contribution in [0.4, 0.5) is 4.79 Å². The number of aromatic nitrogens is 3. The average Bonchev–Trinajstić information content (AvgIpc) is 2.79. The van der Waals surface area contributed by atoms with Crippen molar-refractivity contribution in [1.29, 1.82) is 0 Å². The smallest absolute Gasteiger partial charge is 0.396 e. The van der Waals surface area contributed by atoms with E-state index in [0.717, 1.165) is 11.3 Å². The van der Waals surface area contributed by atoms with Crippen LogP contribution in [0.3, 0.4) is 0 Å². The molecule has 0 saturated carbocycles. The maximum atomic E-state index is 11.3. The normalized spacial score (nSPS) is 9.68. The summed E-state index contributed by atoms with van der Waals surface area (Å²) in [7, 11) is 0. The number of carbonyl (C=O) groups excluding carboxylic acids is 1. The number of ether oxygens (including phenoxy) is 1. The number of hydrogen-bond acceptors (Lipinski definition) is 6. The molecule has 6 nitrogen and oxygen atoms in total. The number of thiazole rings is 1. The summed E-state index contributed by atoms with van der Waals surface area (Å²) in [5.74, 6) is 2.26. The Balaban J connectivity index is 2.14. The van der Waals surface area contributed by atoms with Crippen molar-refractivity contribution in [1.82, 2.24) is 20.3 Å². The van der Waals surface area contributed by atoms with Crippen LogP contribution in [0.5, 0.6) is 5.06 Å². The van der Waals surface area contributed by atoms with Crippen molar-refractivity contribution in [3.63, 3.8) is 0 Å². The van der Waals surface area contributed by atoms with Crippen molar-refractivity contribution in [2.45, 2.75) is 0 Å². The molecular weight excluding hydrogens is 288 g/mol. The second kappa shape index (κ2) is 6.13. The lowest BCUT2D eigenvalue weighted by atomic mass is 10.4. The Hall–Kier alpha value is -2.17. The van der Waals surface area contributed by atoms with E-state index in [4.69, 9.17) is 22.8 Å². The van der Waals surface area contributed by atoms with Crippen LogP contribution in [0.2, 0.25) is 5.15 Å². The Bertz CT molecular complexity index is 623. The number of nitrogens with one attached hydrogen (secondary N) is 1. The van der Waals surface area contributed by atoms with Crippen molar-refractivity contribution in [3.8, 4) is 28.0 Å². The molecule has 0 aliphatic carbocycles. The second-order valence-electron chi connectivity index (χ2n) is 3.17. The fraction of sp³-hybridized carbons (Fsp3) is 0.0909. The SMILES string of the molecule is C#CCNC(=O)Oc1sc(-c2cncnc2)nc1Cl. The van der Waals surface area contributed by atoms with E-state index in [9.17, 15) is 4.79 Å². The van der Waals surface area contributed by atoms with E-state index in [1.807, 2.05) is 0 Å². The molecule has 0 aliphatic heterocycles. The van der Waals surface area contributed by atoms with Crippen LogP contribution < -0.4 is 10.1 Å². The molecule has 1 amide bonds. The number of rotatable bonds is 3. The van der Waals surface area contributed by atoms with Crippen molar-refractivity contribution >= 4 is 29.0 Å². The van der Waals surface area contributed by atoms with E-state index in [2.05, 4.69) is 26.2 Å². The zero-order chi connectivity index (χ0) is 13.7.